The van der Waals surface area contributed by atoms with Gasteiger partial charge in [-0.05, 0) is 0 Å². The predicted octanol–water partition coefficient (Wildman–Crippen LogP) is 1.47. The van der Waals surface area contributed by atoms with Crippen molar-refractivity contribution >= 4 is 23.0 Å². The first kappa shape index (κ1) is 18.2. The molecule has 27 heavy (non-hydrogen) atoms. The summed E-state index contributed by atoms with van der Waals surface area (Å²) in [5, 5.41) is 2.30. The molecule has 3 atom stereocenters. The van der Waals surface area contributed by atoms with E-state index in [1.807, 2.05) is 0 Å². The Labute approximate surface area is 154 Å². The molecule has 2 N–H and O–H groups in total. The van der Waals surface area contributed by atoms with Crippen LogP contribution in [0, 0.1) is 17.5 Å². The zero-order chi connectivity index (χ0) is 19.3. The van der Waals surface area contributed by atoms with E-state index in [0.717, 1.165) is 0 Å². The topological polar surface area (TPSA) is 87.6 Å². The van der Waals surface area contributed by atoms with Crippen molar-refractivity contribution < 1.29 is 32.0 Å². The molecule has 4 rings (SSSR count). The number of rotatable bonds is 2. The highest BCUT2D eigenvalue weighted by Gasteiger charge is 2.42. The monoisotopic (exact) mass is 401 g/mol. The summed E-state index contributed by atoms with van der Waals surface area (Å²) in [6.45, 7) is 0.584. The van der Waals surface area contributed by atoms with Crippen LogP contribution in [-0.2, 0) is 23.1 Å². The van der Waals surface area contributed by atoms with Gasteiger partial charge in [0.15, 0.2) is 23.1 Å². The fraction of sp³-hybridized carbons (Fsp3) is 0.312. The maximum atomic E-state index is 13.4. The number of halogens is 3. The number of hydrogen-bond acceptors (Lipinski definition) is 5. The van der Waals surface area contributed by atoms with Gasteiger partial charge in [0, 0.05) is 24.9 Å². The number of aryl methyl sites for hydroxylation is 1. The largest absolute Gasteiger partial charge is 0.593 e. The molecule has 0 bridgehead atoms. The van der Waals surface area contributed by atoms with E-state index >= 15 is 0 Å². The Morgan fingerprint density at radius 3 is 2.74 bits per heavy atom. The lowest BCUT2D eigenvalue weighted by Gasteiger charge is -2.15. The molecule has 3 unspecified atom stereocenters. The molecular formula is C16H14F3N3O4S. The average molecular weight is 401 g/mol. The molecule has 11 heteroatoms. The van der Waals surface area contributed by atoms with Crippen LogP contribution >= 0.6 is 0 Å². The lowest BCUT2D eigenvalue weighted by molar-refractivity contribution is 0.100. The SMILES string of the molecule is Cn1cc2c(c1C(=O)Nc1cc(F)c(F)c(F)c1)OC1COCC1N[S+]2[O-]. The van der Waals surface area contributed by atoms with Crippen molar-refractivity contribution in [1.82, 2.24) is 9.29 Å². The van der Waals surface area contributed by atoms with Crippen LogP contribution in [0.15, 0.2) is 23.2 Å². The van der Waals surface area contributed by atoms with Gasteiger partial charge in [-0.3, -0.25) is 4.79 Å². The molecule has 1 saturated heterocycles. The van der Waals surface area contributed by atoms with Gasteiger partial charge >= 0.3 is 0 Å². The summed E-state index contributed by atoms with van der Waals surface area (Å²) >= 11 is -1.63. The van der Waals surface area contributed by atoms with Gasteiger partial charge in [0.1, 0.15) is 12.1 Å². The summed E-state index contributed by atoms with van der Waals surface area (Å²) in [6, 6.07) is 1.04. The molecule has 144 valence electrons. The number of benzene rings is 1. The van der Waals surface area contributed by atoms with E-state index in [-0.39, 0.29) is 34.7 Å². The number of carbonyl (C=O) groups excluding carboxylic acids is 1. The van der Waals surface area contributed by atoms with Gasteiger partial charge in [-0.15, -0.1) is 4.72 Å². The second-order valence-corrected chi connectivity index (χ2v) is 7.39. The van der Waals surface area contributed by atoms with Crippen molar-refractivity contribution in [3.8, 4) is 5.75 Å². The Morgan fingerprint density at radius 2 is 2.04 bits per heavy atom. The number of fused-ring (bicyclic) bond motifs is 2. The molecule has 0 saturated carbocycles. The van der Waals surface area contributed by atoms with E-state index in [4.69, 9.17) is 9.47 Å². The lowest BCUT2D eigenvalue weighted by Crippen LogP contribution is -2.42. The third-order valence-electron chi connectivity index (χ3n) is 4.31. The first-order chi connectivity index (χ1) is 12.8. The molecule has 0 aliphatic carbocycles. The molecule has 1 aromatic carbocycles. The molecule has 3 heterocycles. The Morgan fingerprint density at radius 1 is 1.33 bits per heavy atom. The molecular weight excluding hydrogens is 387 g/mol. The maximum absolute atomic E-state index is 13.4. The van der Waals surface area contributed by atoms with E-state index < -0.39 is 40.8 Å². The maximum Gasteiger partial charge on any atom is 0.276 e. The lowest BCUT2D eigenvalue weighted by atomic mass is 10.2. The highest BCUT2D eigenvalue weighted by molar-refractivity contribution is 7.89. The number of nitrogens with one attached hydrogen (secondary N) is 2. The quantitative estimate of drug-likeness (QED) is 0.588. The van der Waals surface area contributed by atoms with Gasteiger partial charge in [-0.25, -0.2) is 13.2 Å². The van der Waals surface area contributed by atoms with Crippen LogP contribution in [0.2, 0.25) is 0 Å². The van der Waals surface area contributed by atoms with Crippen LogP contribution in [0.3, 0.4) is 0 Å². The normalized spacial score (nSPS) is 24.0. The third-order valence-corrected chi connectivity index (χ3v) is 5.52. The number of nitrogens with zero attached hydrogens (tertiary/aromatic N) is 1. The van der Waals surface area contributed by atoms with E-state index in [1.165, 1.54) is 10.8 Å². The van der Waals surface area contributed by atoms with Crippen LogP contribution in [0.4, 0.5) is 18.9 Å². The van der Waals surface area contributed by atoms with Gasteiger partial charge in [-0.1, -0.05) is 0 Å². The highest BCUT2D eigenvalue weighted by Crippen LogP contribution is 2.35. The van der Waals surface area contributed by atoms with Gasteiger partial charge in [0.25, 0.3) is 5.91 Å². The summed E-state index contributed by atoms with van der Waals surface area (Å²) in [7, 11) is 1.54. The summed E-state index contributed by atoms with van der Waals surface area (Å²) in [4.78, 5) is 13.0. The van der Waals surface area contributed by atoms with Crippen molar-refractivity contribution in [2.45, 2.75) is 17.0 Å². The van der Waals surface area contributed by atoms with Crippen molar-refractivity contribution in [2.24, 2.45) is 7.05 Å². The zero-order valence-electron chi connectivity index (χ0n) is 13.9. The summed E-state index contributed by atoms with van der Waals surface area (Å²) < 4.78 is 67.8. The molecule has 2 aromatic rings. The predicted molar refractivity (Wildman–Crippen MR) is 88.2 cm³/mol. The minimum Gasteiger partial charge on any atom is -0.593 e. The number of amides is 1. The number of anilines is 1. The molecule has 0 spiro atoms. The molecule has 1 aromatic heterocycles. The van der Waals surface area contributed by atoms with Crippen LogP contribution in [0.1, 0.15) is 10.5 Å². The fourth-order valence-corrected chi connectivity index (χ4v) is 4.20. The van der Waals surface area contributed by atoms with E-state index in [2.05, 4.69) is 10.0 Å². The average Bonchev–Trinajstić information content (AvgIpc) is 3.14. The van der Waals surface area contributed by atoms with Gasteiger partial charge in [0.2, 0.25) is 10.6 Å². The Bertz CT molecular complexity index is 900. The standard InChI is InChI=1S/C16H14F3N3O4S/c1-22-4-12-15(26-11-6-25-5-10(11)21-27(12)24)14(22)16(23)20-7-2-8(17)13(19)9(18)3-7/h2-4,10-11,21H,5-6H2,1H3,(H,20,23). The molecule has 0 radical (unpaired) electrons. The molecule has 1 fully saturated rings. The Balaban J connectivity index is 1.67. The van der Waals surface area contributed by atoms with Crippen LogP contribution < -0.4 is 14.8 Å². The van der Waals surface area contributed by atoms with Gasteiger partial charge in [0.05, 0.1) is 30.8 Å². The van der Waals surface area contributed by atoms with E-state index in [1.54, 1.807) is 7.05 Å². The van der Waals surface area contributed by atoms with Gasteiger partial charge < -0.3 is 23.9 Å². The molecule has 2 aliphatic heterocycles. The number of aromatic nitrogens is 1. The fourth-order valence-electron chi connectivity index (χ4n) is 3.02. The minimum absolute atomic E-state index is 0.0119. The van der Waals surface area contributed by atoms with Crippen LogP contribution in [0.25, 0.3) is 0 Å². The van der Waals surface area contributed by atoms with Crippen molar-refractivity contribution in [3.05, 3.63) is 41.5 Å². The van der Waals surface area contributed by atoms with E-state index in [9.17, 15) is 22.5 Å². The minimum atomic E-state index is -1.63. The summed E-state index contributed by atoms with van der Waals surface area (Å²) in [5.41, 5.74) is -0.251. The number of hydrogen-bond donors (Lipinski definition) is 2. The zero-order valence-corrected chi connectivity index (χ0v) is 14.7. The second-order valence-electron chi connectivity index (χ2n) is 6.18. The van der Waals surface area contributed by atoms with Crippen molar-refractivity contribution in [3.63, 3.8) is 0 Å². The van der Waals surface area contributed by atoms with Gasteiger partial charge in [-0.2, -0.15) is 0 Å². The first-order valence-corrected chi connectivity index (χ1v) is 9.07. The smallest absolute Gasteiger partial charge is 0.276 e. The number of carbonyl (C=O) groups is 1. The van der Waals surface area contributed by atoms with E-state index in [0.29, 0.717) is 18.7 Å². The molecule has 1 amide bonds. The summed E-state index contributed by atoms with van der Waals surface area (Å²) in [6.07, 6.45) is 1.03. The van der Waals surface area contributed by atoms with Crippen LogP contribution in [0.5, 0.6) is 5.75 Å². The first-order valence-electron chi connectivity index (χ1n) is 7.92. The third kappa shape index (κ3) is 3.16. The Hall–Kier alpha value is -2.21. The second kappa shape index (κ2) is 6.75. The number of ether oxygens (including phenoxy) is 2. The van der Waals surface area contributed by atoms with Crippen LogP contribution in [-0.4, -0.2) is 40.4 Å². The summed E-state index contributed by atoms with van der Waals surface area (Å²) in [5.74, 6) is -5.13. The Kier molecular flexibility index (Phi) is 4.54. The highest BCUT2D eigenvalue weighted by atomic mass is 32.2. The molecule has 7 nitrogen and oxygen atoms in total. The van der Waals surface area contributed by atoms with Crippen molar-refractivity contribution in [1.29, 1.82) is 0 Å². The molecule has 2 aliphatic rings. The van der Waals surface area contributed by atoms with Crippen molar-refractivity contribution in [2.75, 3.05) is 18.5 Å².